The number of imidazole rings is 1. The topological polar surface area (TPSA) is 89.8 Å². The van der Waals surface area contributed by atoms with Crippen LogP contribution in [0.4, 0.5) is 11.9 Å². The van der Waals surface area contributed by atoms with Crippen LogP contribution in [-0.2, 0) is 4.74 Å². The minimum Gasteiger partial charge on any atom is -0.378 e. The monoisotopic (exact) mass is 289 g/mol. The van der Waals surface area contributed by atoms with Crippen molar-refractivity contribution in [1.29, 1.82) is 0 Å². The molecular formula is C13H19N7O. The van der Waals surface area contributed by atoms with Crippen molar-refractivity contribution in [3.05, 3.63) is 18.7 Å². The Kier molecular flexibility index (Phi) is 3.96. The van der Waals surface area contributed by atoms with Crippen LogP contribution in [0.1, 0.15) is 19.8 Å². The van der Waals surface area contributed by atoms with E-state index in [1.165, 1.54) is 0 Å². The summed E-state index contributed by atoms with van der Waals surface area (Å²) in [5, 5.41) is 6.28. The summed E-state index contributed by atoms with van der Waals surface area (Å²) in [7, 11) is 1.78. The van der Waals surface area contributed by atoms with Crippen LogP contribution >= 0.6 is 0 Å². The van der Waals surface area contributed by atoms with Crippen LogP contribution in [0.25, 0.3) is 5.95 Å². The van der Waals surface area contributed by atoms with Gasteiger partial charge in [0.15, 0.2) is 0 Å². The van der Waals surface area contributed by atoms with E-state index in [9.17, 15) is 0 Å². The first-order valence-electron chi connectivity index (χ1n) is 7.08. The van der Waals surface area contributed by atoms with Crippen molar-refractivity contribution in [1.82, 2.24) is 24.5 Å². The Morgan fingerprint density at radius 1 is 1.29 bits per heavy atom. The first-order chi connectivity index (χ1) is 10.3. The lowest BCUT2D eigenvalue weighted by atomic mass is 9.89. The lowest BCUT2D eigenvalue weighted by molar-refractivity contribution is 0.00285. The molecular weight excluding hydrogens is 270 g/mol. The fourth-order valence-electron chi connectivity index (χ4n) is 2.27. The molecule has 0 aliphatic heterocycles. The molecule has 0 unspecified atom stereocenters. The summed E-state index contributed by atoms with van der Waals surface area (Å²) in [6.07, 6.45) is 7.46. The summed E-state index contributed by atoms with van der Waals surface area (Å²) in [6, 6.07) is 0.351. The molecule has 8 nitrogen and oxygen atoms in total. The molecule has 0 bridgehead atoms. The van der Waals surface area contributed by atoms with Crippen molar-refractivity contribution in [2.24, 2.45) is 0 Å². The molecule has 0 saturated heterocycles. The highest BCUT2D eigenvalue weighted by atomic mass is 16.5. The first-order valence-corrected chi connectivity index (χ1v) is 7.08. The van der Waals surface area contributed by atoms with Gasteiger partial charge < -0.3 is 15.4 Å². The molecule has 0 amide bonds. The highest BCUT2D eigenvalue weighted by Gasteiger charge is 2.30. The Balaban J connectivity index is 1.72. The quantitative estimate of drug-likeness (QED) is 0.822. The van der Waals surface area contributed by atoms with Gasteiger partial charge in [-0.3, -0.25) is 4.57 Å². The molecule has 2 aromatic heterocycles. The summed E-state index contributed by atoms with van der Waals surface area (Å²) in [5.74, 6) is 1.63. The third-order valence-electron chi connectivity index (χ3n) is 3.41. The molecule has 1 fully saturated rings. The van der Waals surface area contributed by atoms with Crippen molar-refractivity contribution >= 4 is 11.9 Å². The Hall–Kier alpha value is -2.22. The highest BCUT2D eigenvalue weighted by molar-refractivity contribution is 5.38. The number of ether oxygens (including phenoxy) is 1. The number of rotatable bonds is 6. The second-order valence-electron chi connectivity index (χ2n) is 4.89. The third kappa shape index (κ3) is 3.10. The Morgan fingerprint density at radius 3 is 2.76 bits per heavy atom. The Morgan fingerprint density at radius 2 is 2.10 bits per heavy atom. The maximum atomic E-state index is 5.56. The van der Waals surface area contributed by atoms with Gasteiger partial charge in [0, 0.05) is 32.1 Å². The molecule has 2 N–H and O–H groups in total. The molecule has 1 aliphatic rings. The maximum Gasteiger partial charge on any atom is 0.241 e. The summed E-state index contributed by atoms with van der Waals surface area (Å²) in [5.41, 5.74) is 0. The van der Waals surface area contributed by atoms with Crippen LogP contribution in [-0.4, -0.2) is 50.3 Å². The van der Waals surface area contributed by atoms with E-state index < -0.39 is 0 Å². The van der Waals surface area contributed by atoms with Gasteiger partial charge >= 0.3 is 0 Å². The lowest BCUT2D eigenvalue weighted by Crippen LogP contribution is -2.41. The van der Waals surface area contributed by atoms with E-state index in [0.29, 0.717) is 30.0 Å². The third-order valence-corrected chi connectivity index (χ3v) is 3.41. The number of anilines is 2. The number of hydrogen-bond donors (Lipinski definition) is 2. The zero-order chi connectivity index (χ0) is 14.7. The molecule has 2 heterocycles. The molecule has 1 saturated carbocycles. The van der Waals surface area contributed by atoms with Crippen molar-refractivity contribution < 1.29 is 4.74 Å². The molecule has 0 radical (unpaired) electrons. The lowest BCUT2D eigenvalue weighted by Gasteiger charge is -2.35. The largest absolute Gasteiger partial charge is 0.378 e. The number of nitrogens with zero attached hydrogens (tertiary/aromatic N) is 5. The van der Waals surface area contributed by atoms with Crippen molar-refractivity contribution in [2.45, 2.75) is 31.9 Å². The van der Waals surface area contributed by atoms with Gasteiger partial charge in [0.25, 0.3) is 0 Å². The zero-order valence-corrected chi connectivity index (χ0v) is 12.2. The van der Waals surface area contributed by atoms with E-state index in [1.807, 2.05) is 6.92 Å². The Labute approximate surface area is 123 Å². The minimum atomic E-state index is 0.351. The van der Waals surface area contributed by atoms with E-state index in [2.05, 4.69) is 30.6 Å². The molecule has 0 spiro atoms. The average molecular weight is 289 g/mol. The van der Waals surface area contributed by atoms with Gasteiger partial charge in [-0.05, 0) is 19.8 Å². The van der Waals surface area contributed by atoms with Gasteiger partial charge in [0.2, 0.25) is 17.8 Å². The molecule has 2 aromatic rings. The van der Waals surface area contributed by atoms with E-state index >= 15 is 0 Å². The van der Waals surface area contributed by atoms with Gasteiger partial charge in [-0.25, -0.2) is 4.98 Å². The normalized spacial score (nSPS) is 20.9. The zero-order valence-electron chi connectivity index (χ0n) is 12.2. The smallest absolute Gasteiger partial charge is 0.241 e. The predicted molar refractivity (Wildman–Crippen MR) is 78.6 cm³/mol. The van der Waals surface area contributed by atoms with Crippen molar-refractivity contribution in [3.63, 3.8) is 0 Å². The van der Waals surface area contributed by atoms with Crippen LogP contribution in [0.5, 0.6) is 0 Å². The molecule has 1 aliphatic carbocycles. The van der Waals surface area contributed by atoms with Crippen LogP contribution < -0.4 is 10.6 Å². The molecule has 112 valence electrons. The van der Waals surface area contributed by atoms with Crippen LogP contribution in [0.3, 0.4) is 0 Å². The number of nitrogens with one attached hydrogen (secondary N) is 2. The van der Waals surface area contributed by atoms with Crippen LogP contribution in [0.2, 0.25) is 0 Å². The molecule has 0 aromatic carbocycles. The van der Waals surface area contributed by atoms with Crippen molar-refractivity contribution in [3.8, 4) is 5.95 Å². The van der Waals surface area contributed by atoms with Crippen LogP contribution in [0.15, 0.2) is 18.7 Å². The first kappa shape index (κ1) is 13.7. The second-order valence-corrected chi connectivity index (χ2v) is 4.89. The van der Waals surface area contributed by atoms with E-state index in [0.717, 1.165) is 19.4 Å². The maximum absolute atomic E-state index is 5.56. The minimum absolute atomic E-state index is 0.351. The summed E-state index contributed by atoms with van der Waals surface area (Å²) in [4.78, 5) is 17.1. The summed E-state index contributed by atoms with van der Waals surface area (Å²) >= 11 is 0. The average Bonchev–Trinajstić information content (AvgIpc) is 2.99. The van der Waals surface area contributed by atoms with Gasteiger partial charge in [0.1, 0.15) is 6.33 Å². The van der Waals surface area contributed by atoms with E-state index in [-0.39, 0.29) is 0 Å². The Bertz CT molecular complexity index is 580. The second kappa shape index (κ2) is 6.04. The SMILES string of the molecule is CCOC1CC(Nc2nc(NC)nc(-n3ccnc3)n2)C1. The van der Waals surface area contributed by atoms with Gasteiger partial charge in [0.05, 0.1) is 6.10 Å². The number of hydrogen-bond acceptors (Lipinski definition) is 7. The van der Waals surface area contributed by atoms with Gasteiger partial charge in [-0.1, -0.05) is 0 Å². The predicted octanol–water partition coefficient (Wildman–Crippen LogP) is 1.08. The van der Waals surface area contributed by atoms with Crippen LogP contribution in [0, 0.1) is 0 Å². The fourth-order valence-corrected chi connectivity index (χ4v) is 2.27. The molecule has 8 heteroatoms. The van der Waals surface area contributed by atoms with E-state index in [4.69, 9.17) is 4.74 Å². The summed E-state index contributed by atoms with van der Waals surface area (Å²) in [6.45, 7) is 2.78. The van der Waals surface area contributed by atoms with Crippen molar-refractivity contribution in [2.75, 3.05) is 24.3 Å². The highest BCUT2D eigenvalue weighted by Crippen LogP contribution is 2.26. The molecule has 0 atom stereocenters. The number of aromatic nitrogens is 5. The van der Waals surface area contributed by atoms with Gasteiger partial charge in [-0.2, -0.15) is 15.0 Å². The standard InChI is InChI=1S/C13H19N7O/c1-3-21-10-6-9(7-10)16-12-17-11(14-2)18-13(19-12)20-5-4-15-8-20/h4-5,8-10H,3,6-7H2,1-2H3,(H2,14,16,17,18,19). The molecule has 21 heavy (non-hydrogen) atoms. The summed E-state index contributed by atoms with van der Waals surface area (Å²) < 4.78 is 7.30. The van der Waals surface area contributed by atoms with Gasteiger partial charge in [-0.15, -0.1) is 0 Å². The fraction of sp³-hybridized carbons (Fsp3) is 0.538. The molecule has 3 rings (SSSR count). The van der Waals surface area contributed by atoms with E-state index in [1.54, 1.807) is 30.3 Å².